The predicted octanol–water partition coefficient (Wildman–Crippen LogP) is 2.94. The predicted molar refractivity (Wildman–Crippen MR) is 72.6 cm³/mol. The van der Waals surface area contributed by atoms with E-state index in [1.54, 1.807) is 18.2 Å². The van der Waals surface area contributed by atoms with Gasteiger partial charge in [0.1, 0.15) is 0 Å². The van der Waals surface area contributed by atoms with Crippen LogP contribution in [0.5, 0.6) is 0 Å². The van der Waals surface area contributed by atoms with Gasteiger partial charge in [-0.1, -0.05) is 11.6 Å². The quantitative estimate of drug-likeness (QED) is 0.850. The molecule has 0 atom stereocenters. The van der Waals surface area contributed by atoms with Crippen LogP contribution < -0.4 is 5.73 Å². The van der Waals surface area contributed by atoms with Crippen molar-refractivity contribution in [1.29, 1.82) is 0 Å². The van der Waals surface area contributed by atoms with E-state index in [1.807, 2.05) is 4.90 Å². The summed E-state index contributed by atoms with van der Waals surface area (Å²) in [5, 5.41) is 0.506. The monoisotopic (exact) mass is 264 g/mol. The van der Waals surface area contributed by atoms with E-state index in [1.165, 1.54) is 12.8 Å². The van der Waals surface area contributed by atoms with E-state index in [0.717, 1.165) is 25.3 Å². The fourth-order valence-corrected chi connectivity index (χ4v) is 2.32. The molecule has 1 aromatic carbocycles. The van der Waals surface area contributed by atoms with Crippen molar-refractivity contribution in [2.75, 3.05) is 12.3 Å². The zero-order valence-electron chi connectivity index (χ0n) is 10.2. The third-order valence-electron chi connectivity index (χ3n) is 3.64. The number of amides is 1. The minimum Gasteiger partial charge on any atom is -0.398 e. The molecule has 2 fully saturated rings. The Balaban J connectivity index is 1.79. The molecule has 96 valence electrons. The molecule has 2 aliphatic carbocycles. The van der Waals surface area contributed by atoms with Crippen LogP contribution >= 0.6 is 11.6 Å². The molecule has 2 saturated carbocycles. The van der Waals surface area contributed by atoms with E-state index < -0.39 is 0 Å². The number of carbonyl (C=O) groups excluding carboxylic acids is 1. The number of nitrogens with two attached hydrogens (primary N) is 1. The molecule has 0 heterocycles. The third kappa shape index (κ3) is 2.46. The molecule has 0 bridgehead atoms. The Morgan fingerprint density at radius 2 is 2.06 bits per heavy atom. The lowest BCUT2D eigenvalue weighted by Crippen LogP contribution is -2.34. The summed E-state index contributed by atoms with van der Waals surface area (Å²) in [7, 11) is 0. The van der Waals surface area contributed by atoms with Gasteiger partial charge in [0.15, 0.2) is 0 Å². The Bertz CT molecular complexity index is 481. The minimum atomic E-state index is 0.104. The van der Waals surface area contributed by atoms with Gasteiger partial charge in [-0.05, 0) is 49.8 Å². The second-order valence-corrected chi connectivity index (χ2v) is 5.78. The summed E-state index contributed by atoms with van der Waals surface area (Å²) in [5.41, 5.74) is 6.89. The molecular weight excluding hydrogens is 248 g/mol. The molecule has 1 amide bonds. The highest BCUT2D eigenvalue weighted by Gasteiger charge is 2.36. The molecule has 0 saturated heterocycles. The van der Waals surface area contributed by atoms with Gasteiger partial charge in [-0.3, -0.25) is 4.79 Å². The van der Waals surface area contributed by atoms with Crippen LogP contribution in [0.3, 0.4) is 0 Å². The number of benzene rings is 1. The molecule has 1 aromatic rings. The molecule has 2 N–H and O–H groups in total. The van der Waals surface area contributed by atoms with Crippen molar-refractivity contribution >= 4 is 23.2 Å². The first-order valence-electron chi connectivity index (χ1n) is 6.51. The summed E-state index contributed by atoms with van der Waals surface area (Å²) in [6.07, 6.45) is 4.81. The standard InChI is InChI=1S/C14H17ClN2O/c15-12-6-3-10(7-13(12)16)14(18)17(11-4-5-11)8-9-1-2-9/h3,6-7,9,11H,1-2,4-5,8,16H2. The molecule has 0 radical (unpaired) electrons. The average molecular weight is 265 g/mol. The SMILES string of the molecule is Nc1cc(C(=O)N(CC2CC2)C2CC2)ccc1Cl. The number of hydrogen-bond acceptors (Lipinski definition) is 2. The highest BCUT2D eigenvalue weighted by Crippen LogP contribution is 2.36. The van der Waals surface area contributed by atoms with Gasteiger partial charge in [-0.25, -0.2) is 0 Å². The lowest BCUT2D eigenvalue weighted by atomic mass is 10.1. The first-order chi connectivity index (χ1) is 8.65. The van der Waals surface area contributed by atoms with Gasteiger partial charge in [0, 0.05) is 18.2 Å². The highest BCUT2D eigenvalue weighted by atomic mass is 35.5. The van der Waals surface area contributed by atoms with Crippen molar-refractivity contribution < 1.29 is 4.79 Å². The van der Waals surface area contributed by atoms with E-state index in [-0.39, 0.29) is 5.91 Å². The molecule has 0 aliphatic heterocycles. The molecule has 2 aliphatic rings. The van der Waals surface area contributed by atoms with Crippen molar-refractivity contribution in [2.45, 2.75) is 31.7 Å². The first-order valence-corrected chi connectivity index (χ1v) is 6.89. The van der Waals surface area contributed by atoms with Crippen molar-refractivity contribution in [2.24, 2.45) is 5.92 Å². The lowest BCUT2D eigenvalue weighted by Gasteiger charge is -2.22. The van der Waals surface area contributed by atoms with Gasteiger partial charge in [0.2, 0.25) is 0 Å². The van der Waals surface area contributed by atoms with Gasteiger partial charge in [-0.2, -0.15) is 0 Å². The molecule has 18 heavy (non-hydrogen) atoms. The average Bonchev–Trinajstić information content (AvgIpc) is 3.22. The maximum absolute atomic E-state index is 12.5. The second-order valence-electron chi connectivity index (χ2n) is 5.37. The molecule has 4 heteroatoms. The van der Waals surface area contributed by atoms with Crippen LogP contribution in [0.1, 0.15) is 36.0 Å². The van der Waals surface area contributed by atoms with Gasteiger partial charge < -0.3 is 10.6 Å². The summed E-state index contributed by atoms with van der Waals surface area (Å²) < 4.78 is 0. The largest absolute Gasteiger partial charge is 0.398 e. The molecule has 0 spiro atoms. The van der Waals surface area contributed by atoms with Crippen LogP contribution in [0.2, 0.25) is 5.02 Å². The van der Waals surface area contributed by atoms with Gasteiger partial charge in [0.25, 0.3) is 5.91 Å². The van der Waals surface area contributed by atoms with E-state index >= 15 is 0 Å². The topological polar surface area (TPSA) is 46.3 Å². The molecule has 3 rings (SSSR count). The lowest BCUT2D eigenvalue weighted by molar-refractivity contribution is 0.0735. The van der Waals surface area contributed by atoms with Crippen LogP contribution in [-0.2, 0) is 0 Å². The Morgan fingerprint density at radius 1 is 1.33 bits per heavy atom. The fourth-order valence-electron chi connectivity index (χ4n) is 2.21. The number of halogens is 1. The molecule has 0 aromatic heterocycles. The zero-order chi connectivity index (χ0) is 12.7. The molecule has 0 unspecified atom stereocenters. The van der Waals surface area contributed by atoms with Crippen molar-refractivity contribution in [3.8, 4) is 0 Å². The van der Waals surface area contributed by atoms with E-state index in [9.17, 15) is 4.79 Å². The Labute approximate surface area is 112 Å². The normalized spacial score (nSPS) is 18.7. The summed E-state index contributed by atoms with van der Waals surface area (Å²) in [6, 6.07) is 5.61. The van der Waals surface area contributed by atoms with Crippen LogP contribution in [0.25, 0.3) is 0 Å². The summed E-state index contributed by atoms with van der Waals surface area (Å²) in [6.45, 7) is 0.909. The number of nitrogens with zero attached hydrogens (tertiary/aromatic N) is 1. The van der Waals surface area contributed by atoms with E-state index in [0.29, 0.717) is 22.3 Å². The summed E-state index contributed by atoms with van der Waals surface area (Å²) >= 11 is 5.88. The zero-order valence-corrected chi connectivity index (χ0v) is 11.0. The Kier molecular flexibility index (Phi) is 2.94. The number of hydrogen-bond donors (Lipinski definition) is 1. The van der Waals surface area contributed by atoms with Crippen LogP contribution in [-0.4, -0.2) is 23.4 Å². The van der Waals surface area contributed by atoms with Crippen molar-refractivity contribution in [3.63, 3.8) is 0 Å². The smallest absolute Gasteiger partial charge is 0.254 e. The summed E-state index contributed by atoms with van der Waals surface area (Å²) in [5.74, 6) is 0.826. The minimum absolute atomic E-state index is 0.104. The van der Waals surface area contributed by atoms with Gasteiger partial charge in [0.05, 0.1) is 10.7 Å². The van der Waals surface area contributed by atoms with Crippen LogP contribution in [0.15, 0.2) is 18.2 Å². The highest BCUT2D eigenvalue weighted by molar-refractivity contribution is 6.33. The fraction of sp³-hybridized carbons (Fsp3) is 0.500. The number of anilines is 1. The Morgan fingerprint density at radius 3 is 2.61 bits per heavy atom. The number of carbonyl (C=O) groups is 1. The number of rotatable bonds is 4. The second kappa shape index (κ2) is 4.47. The maximum Gasteiger partial charge on any atom is 0.254 e. The first kappa shape index (κ1) is 11.8. The van der Waals surface area contributed by atoms with E-state index in [4.69, 9.17) is 17.3 Å². The Hall–Kier alpha value is -1.22. The van der Waals surface area contributed by atoms with Gasteiger partial charge >= 0.3 is 0 Å². The molecular formula is C14H17ClN2O. The van der Waals surface area contributed by atoms with Crippen LogP contribution in [0, 0.1) is 5.92 Å². The third-order valence-corrected chi connectivity index (χ3v) is 3.99. The van der Waals surface area contributed by atoms with Crippen LogP contribution in [0.4, 0.5) is 5.69 Å². The summed E-state index contributed by atoms with van der Waals surface area (Å²) in [4.78, 5) is 14.5. The maximum atomic E-state index is 12.5. The van der Waals surface area contributed by atoms with Crippen molar-refractivity contribution in [1.82, 2.24) is 4.90 Å². The van der Waals surface area contributed by atoms with Gasteiger partial charge in [-0.15, -0.1) is 0 Å². The van der Waals surface area contributed by atoms with E-state index in [2.05, 4.69) is 0 Å². The number of nitrogen functional groups attached to an aromatic ring is 1. The van der Waals surface area contributed by atoms with Crippen molar-refractivity contribution in [3.05, 3.63) is 28.8 Å². The molecule has 3 nitrogen and oxygen atoms in total.